The standard InChI is InChI=1S/C18H26N2O7/c1-3-18(26,11(2)21)17(25)27-10-12-4-6-13(7-5-12)20-15(22)9-8-14(19)16(23)24/h4-7,11,14,21,26H,3,8-10,19H2,1-2H3,(H,20,22)(H,23,24). The first kappa shape index (κ1) is 22.6. The molecule has 0 spiro atoms. The van der Waals surface area contributed by atoms with Crippen molar-refractivity contribution in [1.29, 1.82) is 0 Å². The van der Waals surface area contributed by atoms with Crippen molar-refractivity contribution in [3.05, 3.63) is 29.8 Å². The first-order valence-corrected chi connectivity index (χ1v) is 8.55. The van der Waals surface area contributed by atoms with Gasteiger partial charge in [-0.2, -0.15) is 0 Å². The summed E-state index contributed by atoms with van der Waals surface area (Å²) < 4.78 is 5.05. The quantitative estimate of drug-likeness (QED) is 0.363. The Morgan fingerprint density at radius 2 is 1.85 bits per heavy atom. The molecule has 1 amide bonds. The van der Waals surface area contributed by atoms with E-state index >= 15 is 0 Å². The lowest BCUT2D eigenvalue weighted by atomic mass is 9.95. The molecular weight excluding hydrogens is 356 g/mol. The Kier molecular flexibility index (Phi) is 8.35. The van der Waals surface area contributed by atoms with Gasteiger partial charge in [0.1, 0.15) is 12.6 Å². The van der Waals surface area contributed by atoms with Crippen LogP contribution in [0.2, 0.25) is 0 Å². The van der Waals surface area contributed by atoms with Gasteiger partial charge in [0.15, 0.2) is 5.60 Å². The van der Waals surface area contributed by atoms with Gasteiger partial charge in [-0.05, 0) is 37.5 Å². The number of aliphatic carboxylic acids is 1. The van der Waals surface area contributed by atoms with Crippen LogP contribution in [-0.2, 0) is 25.7 Å². The number of rotatable bonds is 10. The van der Waals surface area contributed by atoms with Crippen molar-refractivity contribution < 1.29 is 34.4 Å². The molecule has 0 bridgehead atoms. The van der Waals surface area contributed by atoms with E-state index in [2.05, 4.69) is 5.32 Å². The monoisotopic (exact) mass is 382 g/mol. The number of aliphatic hydroxyl groups excluding tert-OH is 1. The lowest BCUT2D eigenvalue weighted by Gasteiger charge is -2.27. The number of benzene rings is 1. The zero-order valence-corrected chi connectivity index (χ0v) is 15.3. The van der Waals surface area contributed by atoms with E-state index < -0.39 is 29.7 Å². The zero-order valence-electron chi connectivity index (χ0n) is 15.3. The van der Waals surface area contributed by atoms with Crippen LogP contribution < -0.4 is 11.1 Å². The van der Waals surface area contributed by atoms with E-state index in [1.165, 1.54) is 6.92 Å². The molecule has 9 heteroatoms. The zero-order chi connectivity index (χ0) is 20.6. The smallest absolute Gasteiger partial charge is 0.341 e. The van der Waals surface area contributed by atoms with Crippen LogP contribution in [0.25, 0.3) is 0 Å². The van der Waals surface area contributed by atoms with E-state index in [4.69, 9.17) is 15.6 Å². The maximum atomic E-state index is 12.0. The highest BCUT2D eigenvalue weighted by atomic mass is 16.6. The molecule has 150 valence electrons. The van der Waals surface area contributed by atoms with Gasteiger partial charge in [-0.1, -0.05) is 19.1 Å². The Hall–Kier alpha value is -2.49. The predicted molar refractivity (Wildman–Crippen MR) is 96.6 cm³/mol. The van der Waals surface area contributed by atoms with E-state index in [-0.39, 0.29) is 31.8 Å². The molecule has 0 aliphatic rings. The number of esters is 1. The molecule has 0 aliphatic carbocycles. The van der Waals surface area contributed by atoms with Crippen molar-refractivity contribution in [2.75, 3.05) is 5.32 Å². The number of carboxylic acids is 1. The second-order valence-electron chi connectivity index (χ2n) is 6.26. The van der Waals surface area contributed by atoms with Crippen molar-refractivity contribution >= 4 is 23.5 Å². The number of nitrogens with one attached hydrogen (secondary N) is 1. The Morgan fingerprint density at radius 3 is 2.33 bits per heavy atom. The van der Waals surface area contributed by atoms with Crippen LogP contribution in [0.15, 0.2) is 24.3 Å². The molecule has 0 radical (unpaired) electrons. The molecule has 1 rings (SSSR count). The van der Waals surface area contributed by atoms with Crippen LogP contribution in [0.3, 0.4) is 0 Å². The van der Waals surface area contributed by atoms with Crippen LogP contribution in [0.5, 0.6) is 0 Å². The molecule has 9 nitrogen and oxygen atoms in total. The van der Waals surface area contributed by atoms with Crippen molar-refractivity contribution in [3.8, 4) is 0 Å². The minimum Gasteiger partial charge on any atom is -0.480 e. The number of aliphatic hydroxyl groups is 2. The Balaban J connectivity index is 2.53. The summed E-state index contributed by atoms with van der Waals surface area (Å²) in [6.45, 7) is 2.77. The number of nitrogens with two attached hydrogens (primary N) is 1. The van der Waals surface area contributed by atoms with E-state index in [1.54, 1.807) is 31.2 Å². The van der Waals surface area contributed by atoms with E-state index in [0.29, 0.717) is 11.3 Å². The molecule has 3 atom stereocenters. The van der Waals surface area contributed by atoms with E-state index in [1.807, 2.05) is 0 Å². The lowest BCUT2D eigenvalue weighted by molar-refractivity contribution is -0.179. The van der Waals surface area contributed by atoms with Gasteiger partial charge >= 0.3 is 11.9 Å². The van der Waals surface area contributed by atoms with Gasteiger partial charge in [0, 0.05) is 12.1 Å². The SMILES string of the molecule is CCC(O)(C(=O)OCc1ccc(NC(=O)CCC(N)C(=O)O)cc1)C(C)O. The third-order valence-electron chi connectivity index (χ3n) is 4.19. The number of carboxylic acid groups (broad SMARTS) is 1. The van der Waals surface area contributed by atoms with E-state index in [0.717, 1.165) is 0 Å². The summed E-state index contributed by atoms with van der Waals surface area (Å²) in [7, 11) is 0. The average molecular weight is 382 g/mol. The number of hydrogen-bond donors (Lipinski definition) is 5. The molecule has 6 N–H and O–H groups in total. The van der Waals surface area contributed by atoms with Gasteiger partial charge in [-0.15, -0.1) is 0 Å². The summed E-state index contributed by atoms with van der Waals surface area (Å²) in [6, 6.07) is 5.35. The van der Waals surface area contributed by atoms with Crippen molar-refractivity contribution in [2.45, 2.75) is 57.5 Å². The molecule has 1 aromatic rings. The highest BCUT2D eigenvalue weighted by molar-refractivity contribution is 5.91. The maximum Gasteiger partial charge on any atom is 0.341 e. The van der Waals surface area contributed by atoms with Crippen LogP contribution in [0.1, 0.15) is 38.7 Å². The summed E-state index contributed by atoms with van der Waals surface area (Å²) in [5.74, 6) is -2.43. The minimum absolute atomic E-state index is 0.0139. The second-order valence-corrected chi connectivity index (χ2v) is 6.26. The Morgan fingerprint density at radius 1 is 1.26 bits per heavy atom. The van der Waals surface area contributed by atoms with Crippen molar-refractivity contribution in [2.24, 2.45) is 5.73 Å². The van der Waals surface area contributed by atoms with Gasteiger partial charge in [-0.25, -0.2) is 4.79 Å². The summed E-state index contributed by atoms with van der Waals surface area (Å²) in [5, 5.41) is 30.9. The van der Waals surface area contributed by atoms with Crippen molar-refractivity contribution in [1.82, 2.24) is 0 Å². The Labute approximate surface area is 157 Å². The number of carbonyl (C=O) groups excluding carboxylic acids is 2. The van der Waals surface area contributed by atoms with Crippen molar-refractivity contribution in [3.63, 3.8) is 0 Å². The van der Waals surface area contributed by atoms with Crippen LogP contribution in [0, 0.1) is 0 Å². The summed E-state index contributed by atoms with van der Waals surface area (Å²) in [4.78, 5) is 34.3. The molecule has 1 aromatic carbocycles. The molecule has 0 heterocycles. The molecular formula is C18H26N2O7. The number of anilines is 1. The normalized spacial score (nSPS) is 15.3. The number of amides is 1. The lowest BCUT2D eigenvalue weighted by Crippen LogP contribution is -2.48. The number of ether oxygens (including phenoxy) is 1. The molecule has 0 fully saturated rings. The van der Waals surface area contributed by atoms with Gasteiger partial charge in [-0.3, -0.25) is 9.59 Å². The third kappa shape index (κ3) is 6.63. The molecule has 27 heavy (non-hydrogen) atoms. The molecule has 0 saturated carbocycles. The van der Waals surface area contributed by atoms with E-state index in [9.17, 15) is 24.6 Å². The minimum atomic E-state index is -1.95. The summed E-state index contributed by atoms with van der Waals surface area (Å²) >= 11 is 0. The second kappa shape index (κ2) is 10.0. The highest BCUT2D eigenvalue weighted by Crippen LogP contribution is 2.19. The molecule has 0 saturated heterocycles. The topological polar surface area (TPSA) is 159 Å². The summed E-state index contributed by atoms with van der Waals surface area (Å²) in [5.41, 5.74) is 4.50. The fraction of sp³-hybridized carbons (Fsp3) is 0.500. The van der Waals surface area contributed by atoms with Crippen LogP contribution in [0.4, 0.5) is 5.69 Å². The molecule has 3 unspecified atom stereocenters. The first-order valence-electron chi connectivity index (χ1n) is 8.55. The molecule has 0 aromatic heterocycles. The molecule has 0 aliphatic heterocycles. The number of carbonyl (C=O) groups is 3. The van der Waals surface area contributed by atoms with Crippen LogP contribution >= 0.6 is 0 Å². The number of hydrogen-bond acceptors (Lipinski definition) is 7. The van der Waals surface area contributed by atoms with Gasteiger partial charge in [0.05, 0.1) is 6.10 Å². The van der Waals surface area contributed by atoms with Gasteiger partial charge in [0.25, 0.3) is 0 Å². The fourth-order valence-electron chi connectivity index (χ4n) is 2.20. The maximum absolute atomic E-state index is 12.0. The van der Waals surface area contributed by atoms with Gasteiger partial charge in [0.2, 0.25) is 5.91 Å². The first-order chi connectivity index (χ1) is 12.6. The Bertz CT molecular complexity index is 660. The predicted octanol–water partition coefficient (Wildman–Crippen LogP) is 0.382. The van der Waals surface area contributed by atoms with Gasteiger partial charge < -0.3 is 31.1 Å². The fourth-order valence-corrected chi connectivity index (χ4v) is 2.20. The highest BCUT2D eigenvalue weighted by Gasteiger charge is 2.40. The summed E-state index contributed by atoms with van der Waals surface area (Å²) in [6.07, 6.45) is -1.25. The largest absolute Gasteiger partial charge is 0.480 e. The average Bonchev–Trinajstić information content (AvgIpc) is 2.64. The third-order valence-corrected chi connectivity index (χ3v) is 4.19. The van der Waals surface area contributed by atoms with Crippen LogP contribution in [-0.4, -0.2) is 50.9 Å².